The molecule has 10 atom stereocenters. The lowest BCUT2D eigenvalue weighted by Crippen LogP contribution is -2.54. The van der Waals surface area contributed by atoms with E-state index in [1.54, 1.807) is 48.2 Å². The molecule has 0 radical (unpaired) electrons. The van der Waals surface area contributed by atoms with Gasteiger partial charge in [0.15, 0.2) is 11.6 Å². The van der Waals surface area contributed by atoms with Crippen LogP contribution in [0.3, 0.4) is 0 Å². The summed E-state index contributed by atoms with van der Waals surface area (Å²) < 4.78 is 17.7. The van der Waals surface area contributed by atoms with Gasteiger partial charge in [0.1, 0.15) is 12.4 Å². The molecular formula is C60H91N5O12S. The maximum atomic E-state index is 14.6. The van der Waals surface area contributed by atoms with Crippen molar-refractivity contribution in [3.8, 4) is 0 Å². The first-order valence-electron chi connectivity index (χ1n) is 28.0. The summed E-state index contributed by atoms with van der Waals surface area (Å²) in [5.74, 6) is -3.32. The van der Waals surface area contributed by atoms with Crippen LogP contribution in [-0.4, -0.2) is 162 Å². The van der Waals surface area contributed by atoms with Gasteiger partial charge in [-0.05, 0) is 78.9 Å². The molecule has 2 heterocycles. The van der Waals surface area contributed by atoms with E-state index in [1.165, 1.54) is 35.7 Å². The predicted octanol–water partition coefficient (Wildman–Crippen LogP) is 8.40. The average Bonchev–Trinajstić information content (AvgIpc) is 4.02. The number of imide groups is 1. The van der Waals surface area contributed by atoms with Crippen LogP contribution in [0.2, 0.25) is 0 Å². The Morgan fingerprint density at radius 3 is 2.04 bits per heavy atom. The molecule has 2 fully saturated rings. The van der Waals surface area contributed by atoms with E-state index in [1.807, 2.05) is 92.0 Å². The minimum Gasteiger partial charge on any atom is -0.445 e. The molecule has 0 aliphatic carbocycles. The lowest BCUT2D eigenvalue weighted by molar-refractivity contribution is -0.149. The number of amides is 5. The molecule has 2 aromatic carbocycles. The summed E-state index contributed by atoms with van der Waals surface area (Å²) >= 11 is 1.39. The zero-order valence-electron chi connectivity index (χ0n) is 48.7. The number of carbonyl (C=O) groups is 8. The standard InChI is InChI=1S/C60H91N5O12S/c1-37(2)46(32-49(68)54(38(3)4)63(10)60(74)77-36-42-25-27-44(28-26-42)61-35-45(66)23-18-15-19-29-65-53(70)34-51(78-13)59(65)73)58(72)62(9)55(39(5)6)50(75-11)33-52(69)64-30-20-24-47(64)57(76-12)41(8)48(67)31-40(7)56(71)43-21-16-14-17-22-43/h14,16-17,21-22,25-28,37-41,46-47,50-51,54-57,61,71H,15,18-20,23-24,29-36H2,1-13H3/t40-,41-,46-,47-,50+,51?,54-,55-,56+,57+/m0/s1. The highest BCUT2D eigenvalue weighted by Gasteiger charge is 2.44. The SMILES string of the molecule is CO[C@H]([C@@H](C)C(=O)C[C@H](C)[C@@H](O)c1ccccc1)[C@@H]1CCCN1C(=O)C[C@@H](OC)[C@H](C(C)C)N(C)C(=O)[C@@H](CC(=O)[C@H](C(C)C)N(C)C(=O)OCc1ccc(NCC(=O)CCCCCN2C(=O)CC(SC)C2=O)cc1)C(C)C. The fourth-order valence-corrected chi connectivity index (χ4v) is 11.9. The first kappa shape index (κ1) is 65.3. The molecule has 5 amide bonds. The first-order valence-corrected chi connectivity index (χ1v) is 29.3. The maximum Gasteiger partial charge on any atom is 0.410 e. The Labute approximate surface area is 468 Å². The summed E-state index contributed by atoms with van der Waals surface area (Å²) in [7, 11) is 6.30. The van der Waals surface area contributed by atoms with Gasteiger partial charge in [0.05, 0.1) is 54.7 Å². The van der Waals surface area contributed by atoms with Crippen LogP contribution in [0.5, 0.6) is 0 Å². The second-order valence-corrected chi connectivity index (χ2v) is 23.6. The number of ketones is 3. The van der Waals surface area contributed by atoms with E-state index in [0.29, 0.717) is 44.3 Å². The third kappa shape index (κ3) is 17.9. The number of aliphatic hydroxyl groups is 1. The van der Waals surface area contributed by atoms with E-state index in [0.717, 1.165) is 24.1 Å². The van der Waals surface area contributed by atoms with Gasteiger partial charge in [-0.3, -0.25) is 38.5 Å². The third-order valence-electron chi connectivity index (χ3n) is 15.9. The molecule has 2 saturated heterocycles. The van der Waals surface area contributed by atoms with Crippen molar-refractivity contribution in [2.24, 2.45) is 35.5 Å². The second-order valence-electron chi connectivity index (χ2n) is 22.5. The molecule has 17 nitrogen and oxygen atoms in total. The van der Waals surface area contributed by atoms with Crippen LogP contribution in [0.15, 0.2) is 54.6 Å². The van der Waals surface area contributed by atoms with Crippen molar-refractivity contribution < 1.29 is 57.7 Å². The van der Waals surface area contributed by atoms with Gasteiger partial charge < -0.3 is 39.3 Å². The molecule has 2 aromatic rings. The zero-order valence-corrected chi connectivity index (χ0v) is 49.6. The van der Waals surface area contributed by atoms with Gasteiger partial charge in [-0.25, -0.2) is 4.79 Å². The minimum atomic E-state index is -0.885. The van der Waals surface area contributed by atoms with Gasteiger partial charge >= 0.3 is 6.09 Å². The highest BCUT2D eigenvalue weighted by molar-refractivity contribution is 8.00. The fraction of sp³-hybridized carbons (Fsp3) is 0.667. The Morgan fingerprint density at radius 1 is 0.795 bits per heavy atom. The van der Waals surface area contributed by atoms with Gasteiger partial charge in [0, 0.05) is 84.6 Å². The van der Waals surface area contributed by atoms with Gasteiger partial charge in [0.25, 0.3) is 0 Å². The monoisotopic (exact) mass is 1110 g/mol. The molecule has 0 spiro atoms. The predicted molar refractivity (Wildman–Crippen MR) is 303 cm³/mol. The number of aliphatic hydroxyl groups excluding tert-OH is 1. The van der Waals surface area contributed by atoms with Crippen molar-refractivity contribution >= 4 is 64.5 Å². The Kier molecular flexibility index (Phi) is 26.5. The van der Waals surface area contributed by atoms with Crippen LogP contribution in [0.4, 0.5) is 10.5 Å². The summed E-state index contributed by atoms with van der Waals surface area (Å²) in [4.78, 5) is 114. The van der Waals surface area contributed by atoms with Crippen molar-refractivity contribution in [1.82, 2.24) is 19.6 Å². The lowest BCUT2D eigenvalue weighted by atomic mass is 9.84. The summed E-state index contributed by atoms with van der Waals surface area (Å²) in [6.45, 7) is 16.0. The highest BCUT2D eigenvalue weighted by atomic mass is 32.2. The number of nitrogens with zero attached hydrogens (tertiary/aromatic N) is 4. The largest absolute Gasteiger partial charge is 0.445 e. The quantitative estimate of drug-likeness (QED) is 0.0508. The van der Waals surface area contributed by atoms with Crippen molar-refractivity contribution in [3.05, 3.63) is 65.7 Å². The molecule has 0 aromatic heterocycles. The number of ether oxygens (including phenoxy) is 3. The Morgan fingerprint density at radius 2 is 1.46 bits per heavy atom. The molecule has 434 valence electrons. The normalized spacial score (nSPS) is 18.8. The number of anilines is 1. The molecular weight excluding hydrogens is 1010 g/mol. The molecule has 0 saturated carbocycles. The number of nitrogens with one attached hydrogen (secondary N) is 1. The van der Waals surface area contributed by atoms with Crippen LogP contribution in [0.1, 0.15) is 137 Å². The molecule has 2 N–H and O–H groups in total. The number of likely N-dealkylation sites (N-methyl/N-ethyl adjacent to an activating group) is 2. The van der Waals surface area contributed by atoms with Crippen molar-refractivity contribution in [3.63, 3.8) is 0 Å². The number of hydrogen-bond donors (Lipinski definition) is 2. The molecule has 2 aliphatic rings. The number of hydrogen-bond acceptors (Lipinski definition) is 14. The van der Waals surface area contributed by atoms with E-state index in [2.05, 4.69) is 5.32 Å². The van der Waals surface area contributed by atoms with E-state index < -0.39 is 48.3 Å². The molecule has 18 heteroatoms. The smallest absolute Gasteiger partial charge is 0.410 e. The van der Waals surface area contributed by atoms with Gasteiger partial charge in [-0.15, -0.1) is 0 Å². The van der Waals surface area contributed by atoms with E-state index in [-0.39, 0.29) is 115 Å². The van der Waals surface area contributed by atoms with E-state index in [9.17, 15) is 43.5 Å². The summed E-state index contributed by atoms with van der Waals surface area (Å²) in [6, 6.07) is 14.6. The Hall–Kier alpha value is -5.17. The second kappa shape index (κ2) is 31.6. The maximum absolute atomic E-state index is 14.6. The number of benzene rings is 2. The number of methoxy groups -OCH3 is 2. The number of rotatable bonds is 33. The number of thioether (sulfide) groups is 1. The van der Waals surface area contributed by atoms with E-state index >= 15 is 0 Å². The van der Waals surface area contributed by atoms with Crippen LogP contribution >= 0.6 is 11.8 Å². The fourth-order valence-electron chi connectivity index (χ4n) is 11.3. The number of Topliss-reactive ketones (excluding diaryl/α,β-unsaturated/α-hetero) is 3. The highest BCUT2D eigenvalue weighted by Crippen LogP contribution is 2.33. The van der Waals surface area contributed by atoms with Crippen LogP contribution in [0, 0.1) is 35.5 Å². The summed E-state index contributed by atoms with van der Waals surface area (Å²) in [6.07, 6.45) is 3.12. The van der Waals surface area contributed by atoms with Crippen molar-refractivity contribution in [2.75, 3.05) is 59.5 Å². The van der Waals surface area contributed by atoms with Crippen LogP contribution < -0.4 is 5.32 Å². The summed E-state index contributed by atoms with van der Waals surface area (Å²) in [5, 5.41) is 13.8. The minimum absolute atomic E-state index is 0.0277. The third-order valence-corrected chi connectivity index (χ3v) is 16.8. The number of carbonyl (C=O) groups excluding carboxylic acids is 8. The van der Waals surface area contributed by atoms with Crippen molar-refractivity contribution in [1.29, 1.82) is 0 Å². The number of unbranched alkanes of at least 4 members (excludes halogenated alkanes) is 2. The summed E-state index contributed by atoms with van der Waals surface area (Å²) in [5.41, 5.74) is 2.17. The average molecular weight is 1110 g/mol. The van der Waals surface area contributed by atoms with Gasteiger partial charge in [0.2, 0.25) is 23.6 Å². The van der Waals surface area contributed by atoms with Crippen molar-refractivity contribution in [2.45, 2.75) is 168 Å². The molecule has 1 unspecified atom stereocenters. The van der Waals surface area contributed by atoms with Gasteiger partial charge in [-0.1, -0.05) is 104 Å². The topological polar surface area (TPSA) is 209 Å². The molecule has 4 rings (SSSR count). The molecule has 78 heavy (non-hydrogen) atoms. The number of likely N-dealkylation sites (tertiary alicyclic amines) is 2. The lowest BCUT2D eigenvalue weighted by Gasteiger charge is -2.40. The molecule has 2 aliphatic heterocycles. The first-order chi connectivity index (χ1) is 37.0. The molecule has 0 bridgehead atoms. The Balaban J connectivity index is 1.30. The van der Waals surface area contributed by atoms with E-state index in [4.69, 9.17) is 14.2 Å². The zero-order chi connectivity index (χ0) is 58.0. The van der Waals surface area contributed by atoms with Crippen LogP contribution in [0.25, 0.3) is 0 Å². The Bertz CT molecular complexity index is 2300. The van der Waals surface area contributed by atoms with Crippen LogP contribution in [-0.2, 0) is 54.4 Å². The van der Waals surface area contributed by atoms with Gasteiger partial charge in [-0.2, -0.15) is 11.8 Å².